The van der Waals surface area contributed by atoms with Crippen molar-refractivity contribution in [3.63, 3.8) is 0 Å². The van der Waals surface area contributed by atoms with Crippen molar-refractivity contribution in [3.8, 4) is 17.2 Å². The van der Waals surface area contributed by atoms with Gasteiger partial charge in [0.05, 0.1) is 43.7 Å². The molecule has 4 rings (SSSR count). The number of hydrogen-bond donors (Lipinski definition) is 0. The maximum Gasteiger partial charge on any atom is 0.338 e. The normalized spacial score (nSPS) is 15.3. The minimum atomic E-state index is -0.803. The summed E-state index contributed by atoms with van der Waals surface area (Å²) in [6.07, 6.45) is 1.79. The molecule has 0 saturated carbocycles. The summed E-state index contributed by atoms with van der Waals surface area (Å²) in [5, 5.41) is 0. The van der Waals surface area contributed by atoms with Crippen LogP contribution in [0.4, 0.5) is 0 Å². The number of carbonyl (C=O) groups excluding carboxylic acids is 1. The predicted molar refractivity (Wildman–Crippen MR) is 133 cm³/mol. The van der Waals surface area contributed by atoms with Crippen molar-refractivity contribution in [2.45, 2.75) is 19.9 Å². The van der Waals surface area contributed by atoms with E-state index >= 15 is 0 Å². The van der Waals surface area contributed by atoms with Crippen LogP contribution in [0.15, 0.2) is 63.5 Å². The molecule has 0 unspecified atom stereocenters. The van der Waals surface area contributed by atoms with Gasteiger partial charge in [0, 0.05) is 5.56 Å². The first-order valence-electron chi connectivity index (χ1n) is 11.0. The number of thiazole rings is 1. The lowest BCUT2D eigenvalue weighted by Crippen LogP contribution is -2.40. The van der Waals surface area contributed by atoms with E-state index in [-0.39, 0.29) is 17.7 Å². The van der Waals surface area contributed by atoms with E-state index in [9.17, 15) is 9.59 Å². The van der Waals surface area contributed by atoms with Gasteiger partial charge in [0.2, 0.25) is 0 Å². The van der Waals surface area contributed by atoms with Gasteiger partial charge in [0.25, 0.3) is 5.56 Å². The fourth-order valence-corrected chi connectivity index (χ4v) is 5.07. The number of rotatable bonds is 7. The zero-order chi connectivity index (χ0) is 25.1. The molecule has 8 nitrogen and oxygen atoms in total. The Kier molecular flexibility index (Phi) is 7.07. The standard InChI is InChI=1S/C26H26N2O6S/c1-6-34-25(30)22-15(2)27-26-28(23(22)19-14-18(32-4)10-11-20(19)33-5)24(29)21(35-26)13-16-8-7-9-17(12-16)31-3/h7-14,23H,6H2,1-5H3/b21-13+/t23-/m0/s1. The third-order valence-electron chi connectivity index (χ3n) is 5.64. The third-order valence-corrected chi connectivity index (χ3v) is 6.62. The highest BCUT2D eigenvalue weighted by atomic mass is 32.1. The van der Waals surface area contributed by atoms with Crippen molar-refractivity contribution >= 4 is 23.4 Å². The van der Waals surface area contributed by atoms with Crippen LogP contribution in [0.5, 0.6) is 17.2 Å². The van der Waals surface area contributed by atoms with E-state index in [2.05, 4.69) is 4.99 Å². The van der Waals surface area contributed by atoms with E-state index < -0.39 is 12.0 Å². The van der Waals surface area contributed by atoms with Gasteiger partial charge in [-0.1, -0.05) is 23.5 Å². The molecule has 0 aliphatic carbocycles. The second-order valence-electron chi connectivity index (χ2n) is 7.69. The summed E-state index contributed by atoms with van der Waals surface area (Å²) in [5.74, 6) is 1.23. The molecule has 0 N–H and O–H groups in total. The lowest BCUT2D eigenvalue weighted by atomic mass is 9.94. The Hall–Kier alpha value is -3.85. The molecule has 2 aromatic carbocycles. The Morgan fingerprint density at radius 3 is 2.51 bits per heavy atom. The van der Waals surface area contributed by atoms with Crippen LogP contribution in [-0.4, -0.2) is 38.5 Å². The maximum absolute atomic E-state index is 13.7. The summed E-state index contributed by atoms with van der Waals surface area (Å²) in [6, 6.07) is 11.9. The molecular formula is C26H26N2O6S. The van der Waals surface area contributed by atoms with Crippen LogP contribution >= 0.6 is 11.3 Å². The molecule has 0 bridgehead atoms. The number of ether oxygens (including phenoxy) is 4. The van der Waals surface area contributed by atoms with Crippen LogP contribution in [0, 0.1) is 0 Å². The quantitative estimate of drug-likeness (QED) is 0.470. The molecule has 1 atom stereocenters. The van der Waals surface area contributed by atoms with E-state index in [4.69, 9.17) is 18.9 Å². The molecule has 1 aromatic heterocycles. The smallest absolute Gasteiger partial charge is 0.338 e. The van der Waals surface area contributed by atoms with Crippen LogP contribution < -0.4 is 29.1 Å². The highest BCUT2D eigenvalue weighted by Crippen LogP contribution is 2.37. The monoisotopic (exact) mass is 494 g/mol. The molecule has 3 aromatic rings. The fraction of sp³-hybridized carbons (Fsp3) is 0.269. The number of fused-ring (bicyclic) bond motifs is 1. The molecule has 182 valence electrons. The van der Waals surface area contributed by atoms with Crippen LogP contribution in [0.1, 0.15) is 31.0 Å². The molecule has 0 saturated heterocycles. The number of hydrogen-bond acceptors (Lipinski definition) is 8. The number of methoxy groups -OCH3 is 3. The average Bonchev–Trinajstić information content (AvgIpc) is 3.17. The van der Waals surface area contributed by atoms with Gasteiger partial charge >= 0.3 is 5.97 Å². The van der Waals surface area contributed by atoms with Crippen LogP contribution in [0.25, 0.3) is 6.08 Å². The second-order valence-corrected chi connectivity index (χ2v) is 8.70. The molecule has 1 aliphatic heterocycles. The molecule has 0 spiro atoms. The number of allylic oxidation sites excluding steroid dienone is 1. The van der Waals surface area contributed by atoms with Gasteiger partial charge in [-0.2, -0.15) is 0 Å². The molecule has 0 fully saturated rings. The van der Waals surface area contributed by atoms with Gasteiger partial charge in [-0.15, -0.1) is 0 Å². The zero-order valence-corrected chi connectivity index (χ0v) is 21.0. The van der Waals surface area contributed by atoms with Crippen LogP contribution in [0.3, 0.4) is 0 Å². The highest BCUT2D eigenvalue weighted by Gasteiger charge is 2.35. The Balaban J connectivity index is 2.00. The van der Waals surface area contributed by atoms with Crippen molar-refractivity contribution < 1.29 is 23.7 Å². The Labute approximate surface area is 206 Å². The Bertz CT molecular complexity index is 1480. The summed E-state index contributed by atoms with van der Waals surface area (Å²) in [6.45, 7) is 3.67. The predicted octanol–water partition coefficient (Wildman–Crippen LogP) is 2.82. The second kappa shape index (κ2) is 10.2. The number of benzene rings is 2. The van der Waals surface area contributed by atoms with Gasteiger partial charge in [-0.25, -0.2) is 9.79 Å². The van der Waals surface area contributed by atoms with Crippen LogP contribution in [-0.2, 0) is 9.53 Å². The fourth-order valence-electron chi connectivity index (χ4n) is 4.02. The first-order chi connectivity index (χ1) is 16.9. The largest absolute Gasteiger partial charge is 0.497 e. The molecule has 9 heteroatoms. The summed E-state index contributed by atoms with van der Waals surface area (Å²) in [5.41, 5.74) is 1.89. The molecule has 0 amide bonds. The van der Waals surface area contributed by atoms with Gasteiger partial charge in [0.1, 0.15) is 23.3 Å². The van der Waals surface area contributed by atoms with Gasteiger partial charge in [-0.3, -0.25) is 9.36 Å². The van der Waals surface area contributed by atoms with Crippen LogP contribution in [0.2, 0.25) is 0 Å². The molecular weight excluding hydrogens is 468 g/mol. The highest BCUT2D eigenvalue weighted by molar-refractivity contribution is 7.07. The lowest BCUT2D eigenvalue weighted by molar-refractivity contribution is -0.139. The Morgan fingerprint density at radius 2 is 1.83 bits per heavy atom. The zero-order valence-electron chi connectivity index (χ0n) is 20.2. The first kappa shape index (κ1) is 24.3. The molecule has 0 radical (unpaired) electrons. The minimum absolute atomic E-state index is 0.192. The molecule has 2 heterocycles. The maximum atomic E-state index is 13.7. The number of esters is 1. The number of aromatic nitrogens is 1. The van der Waals surface area contributed by atoms with Crippen molar-refractivity contribution in [3.05, 3.63) is 84.5 Å². The van der Waals surface area contributed by atoms with E-state index in [0.717, 1.165) is 5.56 Å². The summed E-state index contributed by atoms with van der Waals surface area (Å²) >= 11 is 1.25. The lowest BCUT2D eigenvalue weighted by Gasteiger charge is -2.26. The summed E-state index contributed by atoms with van der Waals surface area (Å²) in [4.78, 5) is 31.9. The molecule has 1 aliphatic rings. The Morgan fingerprint density at radius 1 is 1.09 bits per heavy atom. The average molecular weight is 495 g/mol. The summed E-state index contributed by atoms with van der Waals surface area (Å²) in [7, 11) is 4.69. The first-order valence-corrected chi connectivity index (χ1v) is 11.8. The van der Waals surface area contributed by atoms with E-state index in [1.807, 2.05) is 24.3 Å². The topological polar surface area (TPSA) is 88.4 Å². The van der Waals surface area contributed by atoms with Gasteiger partial charge < -0.3 is 18.9 Å². The van der Waals surface area contributed by atoms with Crippen molar-refractivity contribution in [1.82, 2.24) is 4.57 Å². The van der Waals surface area contributed by atoms with Crippen molar-refractivity contribution in [2.24, 2.45) is 4.99 Å². The van der Waals surface area contributed by atoms with E-state index in [1.54, 1.807) is 59.5 Å². The van der Waals surface area contributed by atoms with Gasteiger partial charge in [-0.05, 0) is 55.8 Å². The van der Waals surface area contributed by atoms with Crippen molar-refractivity contribution in [2.75, 3.05) is 27.9 Å². The summed E-state index contributed by atoms with van der Waals surface area (Å²) < 4.78 is 23.7. The van der Waals surface area contributed by atoms with Gasteiger partial charge in [0.15, 0.2) is 4.80 Å². The number of nitrogens with zero attached hydrogens (tertiary/aromatic N) is 2. The SMILES string of the molecule is CCOC(=O)C1=C(C)N=c2s/c(=C/c3cccc(OC)c3)c(=O)n2[C@H]1c1cc(OC)ccc1OC. The van der Waals surface area contributed by atoms with E-state index in [0.29, 0.717) is 37.8 Å². The number of carbonyl (C=O) groups is 1. The molecule has 35 heavy (non-hydrogen) atoms. The van der Waals surface area contributed by atoms with E-state index in [1.165, 1.54) is 15.9 Å². The third kappa shape index (κ3) is 4.59. The van der Waals surface area contributed by atoms with Crippen molar-refractivity contribution in [1.29, 1.82) is 0 Å². The minimum Gasteiger partial charge on any atom is -0.497 e.